The quantitative estimate of drug-likeness (QED) is 0.887. The van der Waals surface area contributed by atoms with Crippen molar-refractivity contribution in [1.29, 1.82) is 0 Å². The highest BCUT2D eigenvalue weighted by Crippen LogP contribution is 2.31. The van der Waals surface area contributed by atoms with Crippen molar-refractivity contribution in [2.45, 2.75) is 20.0 Å². The number of ether oxygens (including phenoxy) is 1. The summed E-state index contributed by atoms with van der Waals surface area (Å²) < 4.78 is 32.3. The third-order valence-electron chi connectivity index (χ3n) is 3.62. The van der Waals surface area contributed by atoms with Gasteiger partial charge in [0.15, 0.2) is 0 Å². The van der Waals surface area contributed by atoms with Crippen LogP contribution in [-0.2, 0) is 0 Å². The topological polar surface area (TPSA) is 55.6 Å². The molecule has 1 saturated heterocycles. The third-order valence-corrected chi connectivity index (χ3v) is 3.92. The summed E-state index contributed by atoms with van der Waals surface area (Å²) in [6.45, 7) is 5.14. The third kappa shape index (κ3) is 4.39. The Kier molecular flexibility index (Phi) is 6.20. The average molecular weight is 369 g/mol. The van der Waals surface area contributed by atoms with Crippen molar-refractivity contribution in [3.05, 3.63) is 58.6 Å². The Hall–Kier alpha value is -2.34. The lowest BCUT2D eigenvalue weighted by Gasteiger charge is -2.40. The van der Waals surface area contributed by atoms with E-state index in [1.807, 2.05) is 18.7 Å². The number of carbonyl (C=O) groups is 1. The maximum atomic E-state index is 13.7. The van der Waals surface area contributed by atoms with Gasteiger partial charge in [0.2, 0.25) is 0 Å². The molecule has 1 fully saturated rings. The zero-order valence-corrected chi connectivity index (χ0v) is 14.7. The molecule has 1 heterocycles. The molecule has 0 spiro atoms. The van der Waals surface area contributed by atoms with Crippen LogP contribution in [0.25, 0.3) is 0 Å². The Morgan fingerprint density at radius 3 is 2.36 bits per heavy atom. The van der Waals surface area contributed by atoms with Gasteiger partial charge in [0, 0.05) is 11.8 Å². The van der Waals surface area contributed by atoms with E-state index in [0.717, 1.165) is 17.8 Å². The van der Waals surface area contributed by atoms with Crippen molar-refractivity contribution in [3.8, 4) is 5.75 Å². The maximum absolute atomic E-state index is 13.7. The first-order valence-corrected chi connectivity index (χ1v) is 8.28. The smallest absolute Gasteiger partial charge is 0.251 e. The number of nitrogens with two attached hydrogens (primary N) is 1. The molecule has 3 rings (SSSR count). The minimum absolute atomic E-state index is 0.125. The number of nitrogens with zero attached hydrogens (tertiary/aromatic N) is 1. The Morgan fingerprint density at radius 2 is 1.80 bits per heavy atom. The second-order valence-electron chi connectivity index (χ2n) is 5.25. The fourth-order valence-corrected chi connectivity index (χ4v) is 2.57. The minimum atomic E-state index is -0.887. The highest BCUT2D eigenvalue weighted by molar-refractivity contribution is 6.32. The molecule has 0 aliphatic carbocycles. The molecule has 4 nitrogen and oxygen atoms in total. The molecule has 0 bridgehead atoms. The van der Waals surface area contributed by atoms with E-state index in [4.69, 9.17) is 22.1 Å². The van der Waals surface area contributed by atoms with Crippen molar-refractivity contribution in [2.75, 3.05) is 18.0 Å². The molecule has 0 aromatic heterocycles. The number of carbonyl (C=O) groups excluding carboxylic acids is 1. The molecular weight excluding hydrogens is 350 g/mol. The van der Waals surface area contributed by atoms with Crippen molar-refractivity contribution < 1.29 is 18.3 Å². The average Bonchev–Trinajstić information content (AvgIpc) is 2.56. The van der Waals surface area contributed by atoms with Crippen LogP contribution in [-0.4, -0.2) is 25.1 Å². The molecule has 7 heteroatoms. The van der Waals surface area contributed by atoms with Gasteiger partial charge in [-0.25, -0.2) is 8.78 Å². The lowest BCUT2D eigenvalue weighted by molar-refractivity contribution is 0.0996. The van der Waals surface area contributed by atoms with Crippen LogP contribution in [0.1, 0.15) is 24.2 Å². The van der Waals surface area contributed by atoms with Gasteiger partial charge in [-0.2, -0.15) is 0 Å². The maximum Gasteiger partial charge on any atom is 0.251 e. The summed E-state index contributed by atoms with van der Waals surface area (Å²) >= 11 is 5.99. The van der Waals surface area contributed by atoms with Crippen LogP contribution >= 0.6 is 11.6 Å². The summed E-state index contributed by atoms with van der Waals surface area (Å²) in [5.41, 5.74) is 5.66. The van der Waals surface area contributed by atoms with E-state index in [-0.39, 0.29) is 28.3 Å². The molecule has 1 aliphatic rings. The van der Waals surface area contributed by atoms with E-state index in [9.17, 15) is 13.6 Å². The molecule has 25 heavy (non-hydrogen) atoms. The van der Waals surface area contributed by atoms with Crippen LogP contribution in [0, 0.1) is 11.6 Å². The molecule has 0 saturated carbocycles. The van der Waals surface area contributed by atoms with Gasteiger partial charge in [0.25, 0.3) is 5.91 Å². The van der Waals surface area contributed by atoms with E-state index >= 15 is 0 Å². The predicted octanol–water partition coefficient (Wildman–Crippen LogP) is 4.01. The van der Waals surface area contributed by atoms with Crippen LogP contribution in [0.5, 0.6) is 5.75 Å². The largest absolute Gasteiger partial charge is 0.485 e. The first-order chi connectivity index (χ1) is 11.9. The fraction of sp³-hybridized carbons (Fsp3) is 0.278. The van der Waals surface area contributed by atoms with Crippen LogP contribution in [0.2, 0.25) is 5.02 Å². The molecule has 0 atom stereocenters. The first-order valence-electron chi connectivity index (χ1n) is 7.90. The van der Waals surface area contributed by atoms with Crippen LogP contribution in [0.4, 0.5) is 14.5 Å². The summed E-state index contributed by atoms with van der Waals surface area (Å²) in [4.78, 5) is 13.0. The van der Waals surface area contributed by atoms with E-state index < -0.39 is 11.7 Å². The number of primary amides is 1. The minimum Gasteiger partial charge on any atom is -0.485 e. The number of hydrogen-bond acceptors (Lipinski definition) is 3. The summed E-state index contributed by atoms with van der Waals surface area (Å²) in [5.74, 6) is -1.79. The summed E-state index contributed by atoms with van der Waals surface area (Å²) in [7, 11) is 0. The number of hydrogen-bond donors (Lipinski definition) is 1. The molecule has 1 amide bonds. The Morgan fingerprint density at radius 1 is 1.20 bits per heavy atom. The number of anilines is 1. The van der Waals surface area contributed by atoms with E-state index in [1.54, 1.807) is 12.1 Å². The molecule has 134 valence electrons. The first kappa shape index (κ1) is 19.0. The van der Waals surface area contributed by atoms with Crippen molar-refractivity contribution in [1.82, 2.24) is 0 Å². The Bertz CT molecular complexity index is 747. The molecule has 2 aromatic rings. The van der Waals surface area contributed by atoms with Crippen molar-refractivity contribution in [2.24, 2.45) is 5.73 Å². The van der Waals surface area contributed by atoms with Crippen LogP contribution in [0.15, 0.2) is 36.4 Å². The highest BCUT2D eigenvalue weighted by atomic mass is 35.5. The van der Waals surface area contributed by atoms with Crippen molar-refractivity contribution in [3.63, 3.8) is 0 Å². The van der Waals surface area contributed by atoms with Gasteiger partial charge in [0.05, 0.1) is 23.7 Å². The lowest BCUT2D eigenvalue weighted by atomic mass is 10.1. The number of amides is 1. The van der Waals surface area contributed by atoms with Crippen molar-refractivity contribution >= 4 is 23.2 Å². The van der Waals surface area contributed by atoms with Crippen LogP contribution < -0.4 is 15.4 Å². The van der Waals surface area contributed by atoms with Crippen LogP contribution in [0.3, 0.4) is 0 Å². The number of halogens is 3. The van der Waals surface area contributed by atoms with Gasteiger partial charge in [-0.3, -0.25) is 4.79 Å². The molecule has 1 aliphatic heterocycles. The molecular formula is C18H19ClF2N2O2. The fourth-order valence-electron chi connectivity index (χ4n) is 2.36. The second kappa shape index (κ2) is 8.16. The molecule has 2 N–H and O–H groups in total. The number of rotatable bonds is 4. The van der Waals surface area contributed by atoms with Gasteiger partial charge in [-0.15, -0.1) is 0 Å². The van der Waals surface area contributed by atoms with E-state index in [0.29, 0.717) is 13.1 Å². The molecule has 0 unspecified atom stereocenters. The van der Waals surface area contributed by atoms with Gasteiger partial charge < -0.3 is 15.4 Å². The highest BCUT2D eigenvalue weighted by Gasteiger charge is 2.29. The van der Waals surface area contributed by atoms with Gasteiger partial charge >= 0.3 is 0 Å². The Labute approximate surface area is 150 Å². The standard InChI is InChI=1S/C16H13ClF2N2O2.C2H6/c17-13-5-12(16(20)22)14(19)6-15(13)23-11-7-21(8-11)10-3-1-9(18)2-4-10;1-2/h1-6,11H,7-8H2,(H2,20,22);1-2H3. The predicted molar refractivity (Wildman–Crippen MR) is 94.3 cm³/mol. The normalized spacial score (nSPS) is 13.6. The molecule has 2 aromatic carbocycles. The summed E-state index contributed by atoms with van der Waals surface area (Å²) in [5, 5.41) is 0.125. The SMILES string of the molecule is CC.NC(=O)c1cc(Cl)c(OC2CN(c3ccc(F)cc3)C2)cc1F. The van der Waals surface area contributed by atoms with E-state index in [2.05, 4.69) is 0 Å². The Balaban J connectivity index is 0.00000109. The second-order valence-corrected chi connectivity index (χ2v) is 5.66. The molecule has 0 radical (unpaired) electrons. The summed E-state index contributed by atoms with van der Waals surface area (Å²) in [6, 6.07) is 8.35. The van der Waals surface area contributed by atoms with Gasteiger partial charge in [-0.05, 0) is 30.3 Å². The van der Waals surface area contributed by atoms with Gasteiger partial charge in [0.1, 0.15) is 23.5 Å². The van der Waals surface area contributed by atoms with E-state index in [1.165, 1.54) is 12.1 Å². The monoisotopic (exact) mass is 368 g/mol. The zero-order valence-electron chi connectivity index (χ0n) is 13.9. The number of benzene rings is 2. The lowest BCUT2D eigenvalue weighted by Crippen LogP contribution is -2.54. The zero-order chi connectivity index (χ0) is 18.6. The van der Waals surface area contributed by atoms with Gasteiger partial charge in [-0.1, -0.05) is 25.4 Å². The summed E-state index contributed by atoms with van der Waals surface area (Å²) in [6.07, 6.45) is -0.170.